The van der Waals surface area contributed by atoms with E-state index >= 15 is 0 Å². The van der Waals surface area contributed by atoms with Gasteiger partial charge in [0, 0.05) is 9.52 Å². The van der Waals surface area contributed by atoms with Crippen LogP contribution in [0.2, 0.25) is 12.2 Å². The van der Waals surface area contributed by atoms with E-state index in [1.165, 1.54) is 5.67 Å². The molecule has 0 spiro atoms. The molecular formula is C8H19NSi2. The van der Waals surface area contributed by atoms with E-state index in [-0.39, 0.29) is 0 Å². The summed E-state index contributed by atoms with van der Waals surface area (Å²) >= 11 is 0. The molecule has 0 aromatic rings. The summed E-state index contributed by atoms with van der Waals surface area (Å²) in [5, 5.41) is 0. The highest BCUT2D eigenvalue weighted by Gasteiger charge is 2.12. The van der Waals surface area contributed by atoms with Gasteiger partial charge >= 0.3 is 0 Å². The fourth-order valence-corrected chi connectivity index (χ4v) is 3.22. The van der Waals surface area contributed by atoms with Gasteiger partial charge in [-0.05, 0) is 12.1 Å². The van der Waals surface area contributed by atoms with Gasteiger partial charge in [-0.3, -0.25) is 0 Å². The largest absolute Gasteiger partial charge is 0.321 e. The molecule has 0 unspecified atom stereocenters. The minimum absolute atomic E-state index is 0.713. The second kappa shape index (κ2) is 5.97. The molecule has 0 aliphatic heterocycles. The number of rotatable bonds is 5. The number of hydrogen-bond donors (Lipinski definition) is 0. The Morgan fingerprint density at radius 3 is 1.82 bits per heavy atom. The molecule has 0 aromatic heterocycles. The minimum Gasteiger partial charge on any atom is -0.321 e. The van der Waals surface area contributed by atoms with E-state index in [0.717, 1.165) is 19.2 Å². The predicted molar refractivity (Wildman–Crippen MR) is 54.3 cm³/mol. The van der Waals surface area contributed by atoms with Crippen LogP contribution < -0.4 is 0 Å². The van der Waals surface area contributed by atoms with Crippen LogP contribution in [-0.4, -0.2) is 35.8 Å². The van der Waals surface area contributed by atoms with Crippen LogP contribution in [-0.2, 0) is 0 Å². The fourth-order valence-electron chi connectivity index (χ4n) is 1.13. The van der Waals surface area contributed by atoms with Gasteiger partial charge in [0.15, 0.2) is 0 Å². The van der Waals surface area contributed by atoms with Crippen LogP contribution in [0, 0.1) is 0 Å². The molecule has 0 rings (SSSR count). The van der Waals surface area contributed by atoms with Gasteiger partial charge in [-0.25, -0.2) is 0 Å². The molecule has 0 aromatic carbocycles. The molecule has 0 bridgehead atoms. The summed E-state index contributed by atoms with van der Waals surface area (Å²) in [7, 11) is 2.14. The first-order valence-electron chi connectivity index (χ1n) is 4.26. The third kappa shape index (κ3) is 4.77. The zero-order valence-corrected chi connectivity index (χ0v) is 10.3. The third-order valence-corrected chi connectivity index (χ3v) is 5.00. The van der Waals surface area contributed by atoms with Gasteiger partial charge in [0.25, 0.3) is 0 Å². The van der Waals surface area contributed by atoms with Gasteiger partial charge in [-0.2, -0.15) is 0 Å². The molecule has 0 N–H and O–H groups in total. The van der Waals surface area contributed by atoms with E-state index in [4.69, 9.17) is 0 Å². The topological polar surface area (TPSA) is 3.24 Å². The highest BCUT2D eigenvalue weighted by molar-refractivity contribution is 6.53. The zero-order valence-electron chi connectivity index (χ0n) is 8.31. The quantitative estimate of drug-likeness (QED) is 0.591. The Morgan fingerprint density at radius 2 is 1.55 bits per heavy atom. The summed E-state index contributed by atoms with van der Waals surface area (Å²) in [6.07, 6.45) is 0. The van der Waals surface area contributed by atoms with Crippen LogP contribution >= 0.6 is 0 Å². The smallest absolute Gasteiger partial charge is 0.138 e. The van der Waals surface area contributed by atoms with Gasteiger partial charge in [-0.15, -0.1) is 0 Å². The number of hydrogen-bond acceptors (Lipinski definition) is 1. The second-order valence-corrected chi connectivity index (χ2v) is 6.24. The Bertz CT molecular complexity index is 86.1. The van der Waals surface area contributed by atoms with Gasteiger partial charge < -0.3 is 4.57 Å². The lowest BCUT2D eigenvalue weighted by atomic mass is 10.3. The van der Waals surface area contributed by atoms with E-state index in [1.807, 2.05) is 0 Å². The first-order chi connectivity index (χ1) is 5.09. The Labute approximate surface area is 76.3 Å². The van der Waals surface area contributed by atoms with E-state index in [9.17, 15) is 0 Å². The molecule has 0 fully saturated rings. The van der Waals surface area contributed by atoms with Gasteiger partial charge in [-0.1, -0.05) is 39.9 Å². The SMILES string of the molecule is C[Si]C[Si]N(C(C)C)C(C)C. The lowest BCUT2D eigenvalue weighted by molar-refractivity contribution is 0.313. The van der Waals surface area contributed by atoms with Crippen molar-refractivity contribution >= 4 is 19.2 Å². The summed E-state index contributed by atoms with van der Waals surface area (Å²) in [4.78, 5) is 0. The summed E-state index contributed by atoms with van der Waals surface area (Å²) < 4.78 is 2.58. The molecule has 1 nitrogen and oxygen atoms in total. The lowest BCUT2D eigenvalue weighted by Gasteiger charge is -2.29. The summed E-state index contributed by atoms with van der Waals surface area (Å²) in [6.45, 7) is 11.4. The molecule has 0 aliphatic rings. The van der Waals surface area contributed by atoms with Crippen LogP contribution in [0.4, 0.5) is 0 Å². The van der Waals surface area contributed by atoms with Gasteiger partial charge in [0.1, 0.15) is 9.68 Å². The van der Waals surface area contributed by atoms with Crippen LogP contribution in [0.1, 0.15) is 27.7 Å². The molecule has 0 heterocycles. The Morgan fingerprint density at radius 1 is 1.09 bits per heavy atom. The van der Waals surface area contributed by atoms with E-state index in [1.54, 1.807) is 0 Å². The van der Waals surface area contributed by atoms with E-state index in [2.05, 4.69) is 38.8 Å². The van der Waals surface area contributed by atoms with Crippen molar-refractivity contribution < 1.29 is 0 Å². The maximum Gasteiger partial charge on any atom is 0.138 e. The van der Waals surface area contributed by atoms with Crippen molar-refractivity contribution in [3.05, 3.63) is 0 Å². The average molecular weight is 185 g/mol. The van der Waals surface area contributed by atoms with Crippen molar-refractivity contribution in [2.45, 2.75) is 52.0 Å². The van der Waals surface area contributed by atoms with Crippen molar-refractivity contribution in [1.82, 2.24) is 4.57 Å². The average Bonchev–Trinajstić information content (AvgIpc) is 1.87. The lowest BCUT2D eigenvalue weighted by Crippen LogP contribution is -2.40. The van der Waals surface area contributed by atoms with Crippen LogP contribution in [0.25, 0.3) is 0 Å². The molecule has 4 radical (unpaired) electrons. The minimum atomic E-state index is 0.713. The molecule has 11 heavy (non-hydrogen) atoms. The molecule has 0 atom stereocenters. The highest BCUT2D eigenvalue weighted by Crippen LogP contribution is 2.03. The molecular weight excluding hydrogens is 166 g/mol. The zero-order chi connectivity index (χ0) is 8.85. The van der Waals surface area contributed by atoms with Crippen LogP contribution in [0.15, 0.2) is 0 Å². The van der Waals surface area contributed by atoms with E-state index in [0.29, 0.717) is 12.1 Å². The Hall–Kier alpha value is 0.394. The Kier molecular flexibility index (Phi) is 6.18. The first kappa shape index (κ1) is 11.4. The van der Waals surface area contributed by atoms with Crippen molar-refractivity contribution in [3.8, 4) is 0 Å². The van der Waals surface area contributed by atoms with Crippen LogP contribution in [0.3, 0.4) is 0 Å². The normalized spacial score (nSPS) is 12.0. The van der Waals surface area contributed by atoms with Crippen molar-refractivity contribution in [2.75, 3.05) is 0 Å². The van der Waals surface area contributed by atoms with Gasteiger partial charge in [0.2, 0.25) is 0 Å². The number of nitrogens with zero attached hydrogens (tertiary/aromatic N) is 1. The molecule has 64 valence electrons. The molecule has 0 saturated heterocycles. The summed E-state index contributed by atoms with van der Waals surface area (Å²) in [5.41, 5.74) is 1.39. The van der Waals surface area contributed by atoms with Crippen molar-refractivity contribution in [3.63, 3.8) is 0 Å². The highest BCUT2D eigenvalue weighted by atomic mass is 28.3. The molecule has 0 saturated carbocycles. The first-order valence-corrected chi connectivity index (χ1v) is 7.12. The summed E-state index contributed by atoms with van der Waals surface area (Å²) in [6, 6.07) is 1.43. The fraction of sp³-hybridized carbons (Fsp3) is 1.00. The third-order valence-electron chi connectivity index (χ3n) is 1.55. The molecule has 0 aliphatic carbocycles. The van der Waals surface area contributed by atoms with Crippen LogP contribution in [0.5, 0.6) is 0 Å². The van der Waals surface area contributed by atoms with Crippen molar-refractivity contribution in [1.29, 1.82) is 0 Å². The van der Waals surface area contributed by atoms with Gasteiger partial charge in [0.05, 0.1) is 0 Å². The summed E-state index contributed by atoms with van der Waals surface area (Å²) in [5.74, 6) is 0. The standard InChI is InChI=1S/C8H19NSi2/c1-7(2)9(8(3)4)11-6-10-5/h7-8H,6H2,1-5H3. The maximum absolute atomic E-state index is 2.58. The Balaban J connectivity index is 3.70. The molecule has 0 amide bonds. The predicted octanol–water partition coefficient (Wildman–Crippen LogP) is 1.85. The van der Waals surface area contributed by atoms with E-state index < -0.39 is 0 Å². The molecule has 3 heteroatoms. The maximum atomic E-state index is 2.58. The second-order valence-electron chi connectivity index (χ2n) is 3.28. The van der Waals surface area contributed by atoms with Crippen molar-refractivity contribution in [2.24, 2.45) is 0 Å². The monoisotopic (exact) mass is 185 g/mol.